The molecule has 2 amide bonds. The molecule has 2 aromatic rings. The Labute approximate surface area is 217 Å². The Hall–Kier alpha value is -1.79. The van der Waals surface area contributed by atoms with E-state index < -0.39 is 42.9 Å². The Morgan fingerprint density at radius 2 is 1.65 bits per heavy atom. The number of nitrogens with one attached hydrogen (secondary N) is 2. The first-order valence-corrected chi connectivity index (χ1v) is 12.0. The molecule has 2 unspecified atom stereocenters. The number of carbonyl (C=O) groups excluding carboxylic acids is 2. The van der Waals surface area contributed by atoms with Crippen molar-refractivity contribution in [3.63, 3.8) is 0 Å². The van der Waals surface area contributed by atoms with Crippen LogP contribution in [0.4, 0.5) is 22.0 Å². The average molecular weight is 677 g/mol. The summed E-state index contributed by atoms with van der Waals surface area (Å²) in [4.78, 5) is 24.2. The zero-order valence-electron chi connectivity index (χ0n) is 17.4. The molecule has 12 heteroatoms. The first-order valence-electron chi connectivity index (χ1n) is 9.65. The van der Waals surface area contributed by atoms with E-state index in [1.807, 2.05) is 5.32 Å². The van der Waals surface area contributed by atoms with Crippen molar-refractivity contribution in [1.82, 2.24) is 10.6 Å². The predicted molar refractivity (Wildman–Crippen MR) is 130 cm³/mol. The molecule has 0 aliphatic carbocycles. The molecule has 4 nitrogen and oxygen atoms in total. The third kappa shape index (κ3) is 8.46. The number of halogens is 8. The second-order valence-corrected chi connectivity index (χ2v) is 9.84. The van der Waals surface area contributed by atoms with E-state index in [1.165, 1.54) is 43.3 Å². The molecule has 34 heavy (non-hydrogen) atoms. The largest absolute Gasteiger partial charge is 0.399 e. The van der Waals surface area contributed by atoms with Crippen LogP contribution >= 0.6 is 47.8 Å². The maximum Gasteiger partial charge on any atom is 0.399 e. The lowest BCUT2D eigenvalue weighted by Gasteiger charge is -2.18. The van der Waals surface area contributed by atoms with E-state index in [9.17, 15) is 31.5 Å². The lowest BCUT2D eigenvalue weighted by atomic mass is 9.97. The summed E-state index contributed by atoms with van der Waals surface area (Å²) in [6.07, 6.45) is -4.94. The normalized spacial score (nSPS) is 13.7. The molecule has 0 bridgehead atoms. The molecular formula is C22H18Br3F5N2O2. The van der Waals surface area contributed by atoms with Gasteiger partial charge in [-0.3, -0.25) is 9.59 Å². The number of benzene rings is 2. The van der Waals surface area contributed by atoms with Gasteiger partial charge in [0.15, 0.2) is 0 Å². The van der Waals surface area contributed by atoms with Crippen LogP contribution in [0.2, 0.25) is 0 Å². The van der Waals surface area contributed by atoms with Gasteiger partial charge in [0.05, 0.1) is 18.0 Å². The van der Waals surface area contributed by atoms with Gasteiger partial charge in [-0.1, -0.05) is 50.1 Å². The van der Waals surface area contributed by atoms with Gasteiger partial charge >= 0.3 is 6.18 Å². The van der Waals surface area contributed by atoms with Crippen molar-refractivity contribution in [2.45, 2.75) is 31.5 Å². The molecule has 0 spiro atoms. The fraction of sp³-hybridized carbons (Fsp3) is 0.273. The fourth-order valence-corrected chi connectivity index (χ4v) is 4.77. The van der Waals surface area contributed by atoms with Gasteiger partial charge in [0.1, 0.15) is 6.04 Å². The number of allylic oxidation sites excluding steroid dienone is 1. The maximum absolute atomic E-state index is 13.7. The van der Waals surface area contributed by atoms with Crippen molar-refractivity contribution < 1.29 is 31.5 Å². The summed E-state index contributed by atoms with van der Waals surface area (Å²) in [7, 11) is 0. The van der Waals surface area contributed by atoms with Crippen LogP contribution in [0.1, 0.15) is 34.3 Å². The van der Waals surface area contributed by atoms with Crippen LogP contribution in [-0.2, 0) is 4.79 Å². The monoisotopic (exact) mass is 674 g/mol. The zero-order valence-corrected chi connectivity index (χ0v) is 22.2. The van der Waals surface area contributed by atoms with Gasteiger partial charge in [0, 0.05) is 13.4 Å². The summed E-state index contributed by atoms with van der Waals surface area (Å²) < 4.78 is 66.7. The highest BCUT2D eigenvalue weighted by molar-refractivity contribution is 9.11. The van der Waals surface area contributed by atoms with E-state index in [0.29, 0.717) is 14.5 Å². The minimum absolute atomic E-state index is 0.0409. The molecule has 0 aromatic heterocycles. The summed E-state index contributed by atoms with van der Waals surface area (Å²) >= 11 is 9.59. The number of carbonyl (C=O) groups is 2. The van der Waals surface area contributed by atoms with E-state index >= 15 is 0 Å². The number of hydrogen-bond acceptors (Lipinski definition) is 2. The van der Waals surface area contributed by atoms with Crippen LogP contribution in [-0.4, -0.2) is 37.0 Å². The second-order valence-electron chi connectivity index (χ2n) is 7.15. The van der Waals surface area contributed by atoms with Crippen LogP contribution in [0.25, 0.3) is 6.08 Å². The van der Waals surface area contributed by atoms with E-state index in [4.69, 9.17) is 0 Å². The summed E-state index contributed by atoms with van der Waals surface area (Å²) in [6, 6.07) is 7.60. The van der Waals surface area contributed by atoms with Crippen LogP contribution in [0, 0.1) is 0 Å². The van der Waals surface area contributed by atoms with Crippen LogP contribution < -0.4 is 10.6 Å². The van der Waals surface area contributed by atoms with E-state index in [0.717, 1.165) is 6.08 Å². The molecule has 0 aliphatic rings. The number of amides is 2. The molecule has 0 aliphatic heterocycles. The Morgan fingerprint density at radius 1 is 1.03 bits per heavy atom. The highest BCUT2D eigenvalue weighted by atomic mass is 79.9. The topological polar surface area (TPSA) is 58.2 Å². The molecule has 0 saturated heterocycles. The van der Waals surface area contributed by atoms with Crippen LogP contribution in [0.3, 0.4) is 0 Å². The van der Waals surface area contributed by atoms with Crippen molar-refractivity contribution in [3.8, 4) is 0 Å². The second kappa shape index (κ2) is 12.3. The standard InChI is InChI=1S/C22H18Br3F5N2O2/c1-11(20(33)31-10-19(26)27)32-21(34)16-4-2-12(6-18(16)25)3-5-17(22(28,29)30)13-7-14(23)9-15(24)8-13/h2-9,11,17,19H,10H2,1H3,(H,31,33)(H,32,34)/b5-3+. The molecule has 0 radical (unpaired) electrons. The van der Waals surface area contributed by atoms with Gasteiger partial charge < -0.3 is 10.6 Å². The lowest BCUT2D eigenvalue weighted by molar-refractivity contribution is -0.139. The highest BCUT2D eigenvalue weighted by Crippen LogP contribution is 2.38. The minimum atomic E-state index is -4.53. The number of hydrogen-bond donors (Lipinski definition) is 2. The van der Waals surface area contributed by atoms with Crippen LogP contribution in [0.15, 0.2) is 55.9 Å². The van der Waals surface area contributed by atoms with E-state index in [-0.39, 0.29) is 15.6 Å². The number of alkyl halides is 5. The van der Waals surface area contributed by atoms with Crippen molar-refractivity contribution in [3.05, 3.63) is 72.6 Å². The molecule has 2 rings (SSSR count). The third-order valence-corrected chi connectivity index (χ3v) is 6.06. The molecule has 0 fully saturated rings. The van der Waals surface area contributed by atoms with Gasteiger partial charge in [-0.25, -0.2) is 8.78 Å². The van der Waals surface area contributed by atoms with Crippen molar-refractivity contribution in [2.24, 2.45) is 0 Å². The highest BCUT2D eigenvalue weighted by Gasteiger charge is 2.39. The Kier molecular flexibility index (Phi) is 10.3. The van der Waals surface area contributed by atoms with Gasteiger partial charge in [-0.05, 0) is 64.3 Å². The summed E-state index contributed by atoms with van der Waals surface area (Å²) in [6.45, 7) is 0.501. The molecule has 184 valence electrons. The van der Waals surface area contributed by atoms with Gasteiger partial charge in [0.25, 0.3) is 12.3 Å². The van der Waals surface area contributed by atoms with Crippen LogP contribution in [0.5, 0.6) is 0 Å². The third-order valence-electron chi connectivity index (χ3n) is 4.49. The van der Waals surface area contributed by atoms with E-state index in [2.05, 4.69) is 53.1 Å². The summed E-state index contributed by atoms with van der Waals surface area (Å²) in [5.74, 6) is -3.30. The first kappa shape index (κ1) is 28.4. The lowest BCUT2D eigenvalue weighted by Crippen LogP contribution is -2.46. The first-order chi connectivity index (χ1) is 15.8. The quantitative estimate of drug-likeness (QED) is 0.301. The van der Waals surface area contributed by atoms with Gasteiger partial charge in [-0.15, -0.1) is 0 Å². The Bertz CT molecular complexity index is 1060. The molecule has 2 N–H and O–H groups in total. The number of rotatable bonds is 8. The SMILES string of the molecule is CC(NC(=O)c1ccc(/C=C/C(c2cc(Br)cc(Br)c2)C(F)(F)F)cc1Br)C(=O)NCC(F)F. The molecule has 0 heterocycles. The van der Waals surface area contributed by atoms with Crippen molar-refractivity contribution >= 4 is 65.7 Å². The molecular weight excluding hydrogens is 659 g/mol. The summed E-state index contributed by atoms with van der Waals surface area (Å²) in [5, 5.41) is 4.38. The predicted octanol–water partition coefficient (Wildman–Crippen LogP) is 6.83. The van der Waals surface area contributed by atoms with E-state index in [1.54, 1.807) is 6.07 Å². The summed E-state index contributed by atoms with van der Waals surface area (Å²) in [5.41, 5.74) is 0.558. The Morgan fingerprint density at radius 3 is 2.18 bits per heavy atom. The van der Waals surface area contributed by atoms with Gasteiger partial charge in [0.2, 0.25) is 5.91 Å². The molecule has 0 saturated carbocycles. The smallest absolute Gasteiger partial charge is 0.349 e. The zero-order chi connectivity index (χ0) is 25.6. The average Bonchev–Trinajstić information content (AvgIpc) is 2.70. The fourth-order valence-electron chi connectivity index (χ4n) is 2.86. The van der Waals surface area contributed by atoms with Crippen molar-refractivity contribution in [2.75, 3.05) is 6.54 Å². The maximum atomic E-state index is 13.7. The molecule has 2 atom stereocenters. The van der Waals surface area contributed by atoms with Gasteiger partial charge in [-0.2, -0.15) is 13.2 Å². The van der Waals surface area contributed by atoms with Crippen molar-refractivity contribution in [1.29, 1.82) is 0 Å². The molecule has 2 aromatic carbocycles. The Balaban J connectivity index is 2.18. The minimum Gasteiger partial charge on any atom is -0.349 e.